The van der Waals surface area contributed by atoms with Gasteiger partial charge in [-0.25, -0.2) is 4.79 Å². The number of carbonyl (C=O) groups is 2. The number of carbonyl (C=O) groups excluding carboxylic acids is 1. The number of aryl methyl sites for hydroxylation is 1. The first kappa shape index (κ1) is 29.2. The SMILES string of the molecule is CCCC1(CCC)C(=O)N(c2ccc(C(F)(F)F)cc2)N=C1CCCc1ccc(OC(C)(C)C(=O)O)cc1. The number of aliphatic carboxylic acids is 1. The number of anilines is 1. The van der Waals surface area contributed by atoms with Gasteiger partial charge in [0.2, 0.25) is 0 Å². The molecular formula is C29H35F3N2O4. The minimum absolute atomic E-state index is 0.182. The number of benzene rings is 2. The summed E-state index contributed by atoms with van der Waals surface area (Å²) in [5.74, 6) is -0.774. The van der Waals surface area contributed by atoms with E-state index < -0.39 is 28.7 Å². The average Bonchev–Trinajstić information content (AvgIpc) is 3.11. The molecule has 0 spiro atoms. The molecule has 6 nitrogen and oxygen atoms in total. The predicted molar refractivity (Wildman–Crippen MR) is 140 cm³/mol. The van der Waals surface area contributed by atoms with E-state index in [4.69, 9.17) is 4.74 Å². The second kappa shape index (κ2) is 11.6. The van der Waals surface area contributed by atoms with Gasteiger partial charge in [0.1, 0.15) is 5.75 Å². The minimum Gasteiger partial charge on any atom is -0.478 e. The molecule has 1 aliphatic heterocycles. The summed E-state index contributed by atoms with van der Waals surface area (Å²) in [7, 11) is 0. The molecule has 206 valence electrons. The molecule has 38 heavy (non-hydrogen) atoms. The summed E-state index contributed by atoms with van der Waals surface area (Å²) in [6.45, 7) is 7.00. The van der Waals surface area contributed by atoms with Gasteiger partial charge in [0.05, 0.1) is 22.4 Å². The lowest BCUT2D eigenvalue weighted by atomic mass is 9.73. The molecule has 0 atom stereocenters. The molecule has 0 saturated carbocycles. The van der Waals surface area contributed by atoms with E-state index in [9.17, 15) is 27.9 Å². The molecule has 3 rings (SSSR count). The van der Waals surface area contributed by atoms with Crippen LogP contribution in [0.5, 0.6) is 5.75 Å². The number of hydrogen-bond acceptors (Lipinski definition) is 4. The zero-order valence-corrected chi connectivity index (χ0v) is 22.3. The smallest absolute Gasteiger partial charge is 0.416 e. The molecule has 0 saturated heterocycles. The molecule has 2 aromatic carbocycles. The van der Waals surface area contributed by atoms with Crippen LogP contribution in [0.3, 0.4) is 0 Å². The van der Waals surface area contributed by atoms with Gasteiger partial charge in [0, 0.05) is 0 Å². The Morgan fingerprint density at radius 2 is 1.55 bits per heavy atom. The highest BCUT2D eigenvalue weighted by Crippen LogP contribution is 2.42. The van der Waals surface area contributed by atoms with Crippen molar-refractivity contribution >= 4 is 23.3 Å². The Balaban J connectivity index is 1.77. The maximum absolute atomic E-state index is 13.7. The largest absolute Gasteiger partial charge is 0.478 e. The summed E-state index contributed by atoms with van der Waals surface area (Å²) < 4.78 is 44.6. The van der Waals surface area contributed by atoms with Crippen LogP contribution in [0.4, 0.5) is 18.9 Å². The first-order chi connectivity index (χ1) is 17.8. The topological polar surface area (TPSA) is 79.2 Å². The van der Waals surface area contributed by atoms with Crippen LogP contribution in [-0.4, -0.2) is 28.3 Å². The van der Waals surface area contributed by atoms with Crippen LogP contribution < -0.4 is 9.75 Å². The van der Waals surface area contributed by atoms with Crippen molar-refractivity contribution in [2.24, 2.45) is 10.5 Å². The van der Waals surface area contributed by atoms with E-state index in [1.54, 1.807) is 12.1 Å². The summed E-state index contributed by atoms with van der Waals surface area (Å²) in [5, 5.41) is 15.2. The second-order valence-electron chi connectivity index (χ2n) is 10.2. The van der Waals surface area contributed by atoms with Crippen LogP contribution in [0.25, 0.3) is 0 Å². The molecule has 1 heterocycles. The van der Waals surface area contributed by atoms with Crippen LogP contribution in [0, 0.1) is 5.41 Å². The Kier molecular flexibility index (Phi) is 8.90. The van der Waals surface area contributed by atoms with E-state index >= 15 is 0 Å². The van der Waals surface area contributed by atoms with Crippen LogP contribution in [0.1, 0.15) is 77.3 Å². The van der Waals surface area contributed by atoms with Crippen molar-refractivity contribution in [1.82, 2.24) is 0 Å². The lowest BCUT2D eigenvalue weighted by Gasteiger charge is -2.29. The number of nitrogens with zero attached hydrogens (tertiary/aromatic N) is 2. The van der Waals surface area contributed by atoms with E-state index in [2.05, 4.69) is 5.10 Å². The number of amides is 1. The Bertz CT molecular complexity index is 1150. The Morgan fingerprint density at radius 3 is 2.05 bits per heavy atom. The number of hydrogen-bond donors (Lipinski definition) is 1. The zero-order valence-electron chi connectivity index (χ0n) is 22.3. The van der Waals surface area contributed by atoms with Gasteiger partial charge in [0.25, 0.3) is 5.91 Å². The molecule has 0 radical (unpaired) electrons. The van der Waals surface area contributed by atoms with Crippen LogP contribution >= 0.6 is 0 Å². The number of rotatable bonds is 12. The fourth-order valence-corrected chi connectivity index (χ4v) is 4.85. The van der Waals surface area contributed by atoms with E-state index in [1.165, 1.54) is 31.0 Å². The van der Waals surface area contributed by atoms with Gasteiger partial charge in [-0.2, -0.15) is 23.3 Å². The maximum Gasteiger partial charge on any atom is 0.416 e. The van der Waals surface area contributed by atoms with Crippen LogP contribution in [0.15, 0.2) is 53.6 Å². The highest BCUT2D eigenvalue weighted by Gasteiger charge is 2.49. The van der Waals surface area contributed by atoms with Crippen molar-refractivity contribution in [3.63, 3.8) is 0 Å². The third kappa shape index (κ3) is 6.37. The van der Waals surface area contributed by atoms with E-state index in [0.717, 1.165) is 42.7 Å². The molecule has 0 unspecified atom stereocenters. The highest BCUT2D eigenvalue weighted by atomic mass is 19.4. The summed E-state index contributed by atoms with van der Waals surface area (Å²) >= 11 is 0. The number of alkyl halides is 3. The Hall–Kier alpha value is -3.36. The van der Waals surface area contributed by atoms with Crippen LogP contribution in [-0.2, 0) is 22.2 Å². The first-order valence-corrected chi connectivity index (χ1v) is 12.9. The van der Waals surface area contributed by atoms with Gasteiger partial charge >= 0.3 is 12.1 Å². The van der Waals surface area contributed by atoms with E-state index in [-0.39, 0.29) is 5.91 Å². The summed E-state index contributed by atoms with van der Waals surface area (Å²) in [6.07, 6.45) is 0.370. The first-order valence-electron chi connectivity index (χ1n) is 12.9. The normalized spacial score (nSPS) is 15.5. The molecule has 2 aromatic rings. The maximum atomic E-state index is 13.7. The number of carboxylic acid groups (broad SMARTS) is 1. The molecular weight excluding hydrogens is 497 g/mol. The molecule has 9 heteroatoms. The van der Waals surface area contributed by atoms with Crippen molar-refractivity contribution < 1.29 is 32.6 Å². The van der Waals surface area contributed by atoms with Crippen molar-refractivity contribution in [2.45, 2.75) is 84.4 Å². The van der Waals surface area contributed by atoms with Crippen molar-refractivity contribution in [2.75, 3.05) is 5.01 Å². The van der Waals surface area contributed by atoms with Crippen LogP contribution in [0.2, 0.25) is 0 Å². The van der Waals surface area contributed by atoms with Gasteiger partial charge in [0.15, 0.2) is 5.60 Å². The van der Waals surface area contributed by atoms with Gasteiger partial charge in [-0.05, 0) is 87.9 Å². The minimum atomic E-state index is -4.45. The molecule has 1 amide bonds. The zero-order chi connectivity index (χ0) is 28.1. The van der Waals surface area contributed by atoms with Crippen molar-refractivity contribution in [3.8, 4) is 5.75 Å². The standard InChI is InChI=1S/C29H35F3N2O4/c1-5-18-28(19-6-2)24(33-34(25(28)35)22-14-12-21(13-15-22)29(30,31)32)9-7-8-20-10-16-23(17-11-20)38-27(3,4)26(36)37/h10-17H,5-9,18-19H2,1-4H3,(H,36,37). The number of hydrazone groups is 1. The summed E-state index contributed by atoms with van der Waals surface area (Å²) in [5.41, 5.74) is -0.731. The molecule has 0 aromatic heterocycles. The monoisotopic (exact) mass is 532 g/mol. The van der Waals surface area contributed by atoms with Gasteiger partial charge < -0.3 is 9.84 Å². The fraction of sp³-hybridized carbons (Fsp3) is 0.483. The van der Waals surface area contributed by atoms with Crippen molar-refractivity contribution in [1.29, 1.82) is 0 Å². The molecule has 0 aliphatic carbocycles. The quantitative estimate of drug-likeness (QED) is 0.312. The number of carboxylic acids is 1. The number of ether oxygens (including phenoxy) is 1. The number of halogens is 3. The van der Waals surface area contributed by atoms with Gasteiger partial charge in [-0.1, -0.05) is 38.8 Å². The highest BCUT2D eigenvalue weighted by molar-refractivity contribution is 6.19. The fourth-order valence-electron chi connectivity index (χ4n) is 4.85. The lowest BCUT2D eigenvalue weighted by molar-refractivity contribution is -0.152. The third-order valence-electron chi connectivity index (χ3n) is 6.86. The molecule has 1 aliphatic rings. The van der Waals surface area contributed by atoms with Gasteiger partial charge in [-0.3, -0.25) is 4.79 Å². The Labute approximate surface area is 221 Å². The van der Waals surface area contributed by atoms with Crippen molar-refractivity contribution in [3.05, 3.63) is 59.7 Å². The lowest BCUT2D eigenvalue weighted by Crippen LogP contribution is -2.40. The van der Waals surface area contributed by atoms with E-state index in [1.807, 2.05) is 26.0 Å². The third-order valence-corrected chi connectivity index (χ3v) is 6.86. The molecule has 0 fully saturated rings. The second-order valence-corrected chi connectivity index (χ2v) is 10.2. The Morgan fingerprint density at radius 1 is 0.974 bits per heavy atom. The summed E-state index contributed by atoms with van der Waals surface area (Å²) in [4.78, 5) is 25.0. The molecule has 0 bridgehead atoms. The van der Waals surface area contributed by atoms with E-state index in [0.29, 0.717) is 37.1 Å². The average molecular weight is 533 g/mol. The predicted octanol–water partition coefficient (Wildman–Crippen LogP) is 7.26. The molecule has 1 N–H and O–H groups in total. The van der Waals surface area contributed by atoms with Gasteiger partial charge in [-0.15, -0.1) is 0 Å². The summed E-state index contributed by atoms with van der Waals surface area (Å²) in [6, 6.07) is 11.8.